The molecular formula is C23H25NO3S2. The lowest BCUT2D eigenvalue weighted by Crippen LogP contribution is -2.13. The molecule has 3 rings (SSSR count). The molecule has 0 bridgehead atoms. The van der Waals surface area contributed by atoms with Crippen molar-refractivity contribution in [2.24, 2.45) is 0 Å². The van der Waals surface area contributed by atoms with Crippen LogP contribution in [-0.2, 0) is 11.2 Å². The second-order valence-electron chi connectivity index (χ2n) is 6.75. The zero-order chi connectivity index (χ0) is 20.8. The molecule has 0 unspecified atom stereocenters. The second kappa shape index (κ2) is 9.85. The molecular weight excluding hydrogens is 402 g/mol. The predicted molar refractivity (Wildman–Crippen MR) is 121 cm³/mol. The van der Waals surface area contributed by atoms with Crippen molar-refractivity contribution in [2.45, 2.75) is 39.5 Å². The van der Waals surface area contributed by atoms with Crippen molar-refractivity contribution in [1.82, 2.24) is 0 Å². The van der Waals surface area contributed by atoms with Crippen molar-refractivity contribution < 1.29 is 14.3 Å². The number of hydrogen-bond acceptors (Lipinski definition) is 5. The molecule has 0 radical (unpaired) electrons. The largest absolute Gasteiger partial charge is 0.462 e. The number of esters is 1. The van der Waals surface area contributed by atoms with Gasteiger partial charge in [-0.1, -0.05) is 50.6 Å². The number of carbonyl (C=O) groups is 2. The van der Waals surface area contributed by atoms with Crippen molar-refractivity contribution in [3.63, 3.8) is 0 Å². The normalized spacial score (nSPS) is 11.8. The quantitative estimate of drug-likeness (QED) is 0.427. The molecule has 3 aromatic rings. The minimum atomic E-state index is -0.414. The maximum atomic E-state index is 12.8. The molecule has 0 saturated carbocycles. The topological polar surface area (TPSA) is 55.4 Å². The van der Waals surface area contributed by atoms with Gasteiger partial charge in [0.2, 0.25) is 0 Å². The minimum absolute atomic E-state index is 0.109. The molecule has 4 nitrogen and oxygen atoms in total. The van der Waals surface area contributed by atoms with Gasteiger partial charge in [0, 0.05) is 21.1 Å². The molecule has 0 spiro atoms. The van der Waals surface area contributed by atoms with E-state index < -0.39 is 5.97 Å². The van der Waals surface area contributed by atoms with E-state index in [2.05, 4.69) is 31.3 Å². The molecule has 0 saturated heterocycles. The highest BCUT2D eigenvalue weighted by molar-refractivity contribution is 7.16. The highest BCUT2D eigenvalue weighted by atomic mass is 32.1. The van der Waals surface area contributed by atoms with Crippen LogP contribution in [-0.4, -0.2) is 18.5 Å². The van der Waals surface area contributed by atoms with Crippen LogP contribution in [0.25, 0.3) is 0 Å². The van der Waals surface area contributed by atoms with Crippen LogP contribution in [0.15, 0.2) is 47.8 Å². The summed E-state index contributed by atoms with van der Waals surface area (Å²) in [4.78, 5) is 27.4. The van der Waals surface area contributed by atoms with Crippen LogP contribution in [0, 0.1) is 0 Å². The molecule has 1 atom stereocenters. The standard InChI is InChI=1S/C23H25NO3S2/c1-4-9-18-12-17(14-28-18)21(25)24-22-19(23(26)27-5-2)13-20(29-22)15(3)16-10-7-6-8-11-16/h6-8,10-15H,4-5,9H2,1-3H3,(H,24,25)/t15-/m0/s1. The molecule has 2 heterocycles. The van der Waals surface area contributed by atoms with E-state index in [4.69, 9.17) is 4.74 Å². The summed E-state index contributed by atoms with van der Waals surface area (Å²) < 4.78 is 5.21. The molecule has 6 heteroatoms. The molecule has 152 valence electrons. The Balaban J connectivity index is 1.88. The third kappa shape index (κ3) is 5.14. The summed E-state index contributed by atoms with van der Waals surface area (Å²) in [5, 5.41) is 5.34. The number of aryl methyl sites for hydroxylation is 1. The van der Waals surface area contributed by atoms with Crippen LogP contribution in [0.2, 0.25) is 0 Å². The number of rotatable bonds is 8. The minimum Gasteiger partial charge on any atom is -0.462 e. The summed E-state index contributed by atoms with van der Waals surface area (Å²) >= 11 is 3.02. The zero-order valence-electron chi connectivity index (χ0n) is 16.9. The number of amides is 1. The summed E-state index contributed by atoms with van der Waals surface area (Å²) in [6.07, 6.45) is 2.00. The van der Waals surface area contributed by atoms with Crippen LogP contribution >= 0.6 is 22.7 Å². The summed E-state index contributed by atoms with van der Waals surface area (Å²) in [6, 6.07) is 13.9. The Bertz CT molecular complexity index is 975. The lowest BCUT2D eigenvalue weighted by atomic mass is 9.99. The average molecular weight is 428 g/mol. The fourth-order valence-corrected chi connectivity index (χ4v) is 5.13. The van der Waals surface area contributed by atoms with Gasteiger partial charge < -0.3 is 10.1 Å². The number of ether oxygens (including phenoxy) is 1. The van der Waals surface area contributed by atoms with Gasteiger partial charge in [0.25, 0.3) is 5.91 Å². The van der Waals surface area contributed by atoms with Crippen molar-refractivity contribution in [3.8, 4) is 0 Å². The van der Waals surface area contributed by atoms with Crippen LogP contribution in [0.3, 0.4) is 0 Å². The number of anilines is 1. The van der Waals surface area contributed by atoms with E-state index in [1.165, 1.54) is 16.2 Å². The fourth-order valence-electron chi connectivity index (χ4n) is 3.04. The number of benzene rings is 1. The van der Waals surface area contributed by atoms with E-state index in [-0.39, 0.29) is 18.4 Å². The molecule has 1 amide bonds. The highest BCUT2D eigenvalue weighted by Crippen LogP contribution is 2.37. The highest BCUT2D eigenvalue weighted by Gasteiger charge is 2.22. The van der Waals surface area contributed by atoms with E-state index in [1.807, 2.05) is 35.7 Å². The molecule has 1 aromatic carbocycles. The molecule has 0 fully saturated rings. The van der Waals surface area contributed by atoms with Crippen molar-refractivity contribution in [1.29, 1.82) is 0 Å². The smallest absolute Gasteiger partial charge is 0.341 e. The summed E-state index contributed by atoms with van der Waals surface area (Å²) in [5.74, 6) is -0.505. The van der Waals surface area contributed by atoms with Gasteiger partial charge in [-0.2, -0.15) is 0 Å². The maximum Gasteiger partial charge on any atom is 0.341 e. The average Bonchev–Trinajstić information content (AvgIpc) is 3.36. The number of thiophene rings is 2. The van der Waals surface area contributed by atoms with Crippen LogP contribution < -0.4 is 5.32 Å². The zero-order valence-corrected chi connectivity index (χ0v) is 18.5. The van der Waals surface area contributed by atoms with Gasteiger partial charge in [-0.15, -0.1) is 22.7 Å². The first kappa shape index (κ1) is 21.3. The van der Waals surface area contributed by atoms with Crippen molar-refractivity contribution in [2.75, 3.05) is 11.9 Å². The lowest BCUT2D eigenvalue weighted by molar-refractivity contribution is 0.0528. The first-order chi connectivity index (χ1) is 14.0. The molecule has 0 aliphatic carbocycles. The molecule has 2 aromatic heterocycles. The van der Waals surface area contributed by atoms with E-state index in [0.29, 0.717) is 16.1 Å². The van der Waals surface area contributed by atoms with E-state index >= 15 is 0 Å². The van der Waals surface area contributed by atoms with Crippen molar-refractivity contribution >= 4 is 39.6 Å². The lowest BCUT2D eigenvalue weighted by Gasteiger charge is -2.09. The Labute approximate surface area is 179 Å². The van der Waals surface area contributed by atoms with Crippen LogP contribution in [0.4, 0.5) is 5.00 Å². The fraction of sp³-hybridized carbons (Fsp3) is 0.304. The van der Waals surface area contributed by atoms with Crippen LogP contribution in [0.1, 0.15) is 69.1 Å². The molecule has 1 N–H and O–H groups in total. The first-order valence-corrected chi connectivity index (χ1v) is 11.5. The predicted octanol–water partition coefficient (Wildman–Crippen LogP) is 6.34. The molecule has 29 heavy (non-hydrogen) atoms. The first-order valence-electron chi connectivity index (χ1n) is 9.78. The van der Waals surface area contributed by atoms with Crippen molar-refractivity contribution in [3.05, 3.63) is 74.3 Å². The second-order valence-corrected chi connectivity index (χ2v) is 8.83. The monoisotopic (exact) mass is 427 g/mol. The third-order valence-electron chi connectivity index (χ3n) is 4.61. The number of hydrogen-bond donors (Lipinski definition) is 1. The van der Waals surface area contributed by atoms with E-state index in [9.17, 15) is 9.59 Å². The Morgan fingerprint density at radius 1 is 1.14 bits per heavy atom. The van der Waals surface area contributed by atoms with Gasteiger partial charge in [0.05, 0.1) is 17.7 Å². The van der Waals surface area contributed by atoms with E-state index in [1.54, 1.807) is 18.3 Å². The SMILES string of the molecule is CCCc1cc(C(=O)Nc2sc([C@@H](C)c3ccccc3)cc2C(=O)OCC)cs1. The number of carbonyl (C=O) groups excluding carboxylic acids is 2. The number of nitrogens with one attached hydrogen (secondary N) is 1. The Morgan fingerprint density at radius 3 is 2.59 bits per heavy atom. The summed E-state index contributed by atoms with van der Waals surface area (Å²) in [5.41, 5.74) is 2.19. The Kier molecular flexibility index (Phi) is 7.23. The molecule has 0 aliphatic heterocycles. The summed E-state index contributed by atoms with van der Waals surface area (Å²) in [6.45, 7) is 6.27. The molecule has 0 aliphatic rings. The van der Waals surface area contributed by atoms with Gasteiger partial charge in [-0.25, -0.2) is 4.79 Å². The third-order valence-corrected chi connectivity index (χ3v) is 6.84. The van der Waals surface area contributed by atoms with Gasteiger partial charge in [0.15, 0.2) is 0 Å². The van der Waals surface area contributed by atoms with Gasteiger partial charge in [0.1, 0.15) is 5.00 Å². The van der Waals surface area contributed by atoms with Gasteiger partial charge in [-0.05, 0) is 31.0 Å². The Hall–Kier alpha value is -2.44. The summed E-state index contributed by atoms with van der Waals surface area (Å²) in [7, 11) is 0. The Morgan fingerprint density at radius 2 is 1.90 bits per heavy atom. The van der Waals surface area contributed by atoms with Gasteiger partial charge in [-0.3, -0.25) is 4.79 Å². The van der Waals surface area contributed by atoms with E-state index in [0.717, 1.165) is 23.3 Å². The van der Waals surface area contributed by atoms with Gasteiger partial charge >= 0.3 is 5.97 Å². The van der Waals surface area contributed by atoms with Crippen LogP contribution in [0.5, 0.6) is 0 Å². The maximum absolute atomic E-state index is 12.8.